The van der Waals surface area contributed by atoms with Crippen LogP contribution in [0.5, 0.6) is 5.75 Å². The second kappa shape index (κ2) is 9.18. The Bertz CT molecular complexity index is 371. The lowest BCUT2D eigenvalue weighted by Gasteiger charge is -2.21. The Morgan fingerprint density at radius 2 is 2.05 bits per heavy atom. The van der Waals surface area contributed by atoms with Crippen LogP contribution in [0.4, 0.5) is 0 Å². The molecule has 0 aliphatic carbocycles. The molecule has 3 nitrogen and oxygen atoms in total. The third-order valence-corrected chi connectivity index (χ3v) is 3.53. The van der Waals surface area contributed by atoms with Crippen molar-refractivity contribution in [2.24, 2.45) is 5.73 Å². The van der Waals surface area contributed by atoms with E-state index in [9.17, 15) is 0 Å². The number of nitrogens with zero attached hydrogens (tertiary/aromatic N) is 1. The molecular weight excluding hydrogens is 260 g/mol. The molecule has 4 heteroatoms. The van der Waals surface area contributed by atoms with Gasteiger partial charge in [0.05, 0.1) is 7.11 Å². The van der Waals surface area contributed by atoms with E-state index in [1.54, 1.807) is 7.11 Å². The van der Waals surface area contributed by atoms with Gasteiger partial charge in [-0.25, -0.2) is 0 Å². The quantitative estimate of drug-likeness (QED) is 0.758. The Morgan fingerprint density at radius 1 is 1.26 bits per heavy atom. The van der Waals surface area contributed by atoms with Gasteiger partial charge in [0.15, 0.2) is 0 Å². The summed E-state index contributed by atoms with van der Waals surface area (Å²) in [5.74, 6) is 0.808. The molecule has 19 heavy (non-hydrogen) atoms. The van der Waals surface area contributed by atoms with Crippen molar-refractivity contribution in [3.8, 4) is 5.75 Å². The standard InChI is InChI=1S/C15H25ClN2O/c1-3-9-18(10-4-8-17)11-7-13-5-6-14(19-2)12-15(13)16/h5-6,12H,3-4,7-11,17H2,1-2H3. The number of hydrogen-bond donors (Lipinski definition) is 1. The van der Waals surface area contributed by atoms with Crippen LogP contribution in [0.1, 0.15) is 25.3 Å². The Labute approximate surface area is 121 Å². The van der Waals surface area contributed by atoms with Crippen molar-refractivity contribution in [1.82, 2.24) is 4.90 Å². The fourth-order valence-corrected chi connectivity index (χ4v) is 2.37. The molecule has 0 amide bonds. The molecule has 0 bridgehead atoms. The highest BCUT2D eigenvalue weighted by Gasteiger charge is 2.07. The van der Waals surface area contributed by atoms with Crippen molar-refractivity contribution in [2.45, 2.75) is 26.2 Å². The van der Waals surface area contributed by atoms with E-state index in [-0.39, 0.29) is 0 Å². The Morgan fingerprint density at radius 3 is 2.63 bits per heavy atom. The predicted octanol–water partition coefficient (Wildman–Crippen LogP) is 2.95. The zero-order valence-electron chi connectivity index (χ0n) is 12.0. The molecular formula is C15H25ClN2O. The molecule has 0 radical (unpaired) electrons. The van der Waals surface area contributed by atoms with Crippen molar-refractivity contribution in [3.63, 3.8) is 0 Å². The molecule has 0 aliphatic rings. The average molecular weight is 285 g/mol. The Hall–Kier alpha value is -0.770. The van der Waals surface area contributed by atoms with Gasteiger partial charge in [-0.05, 0) is 56.6 Å². The minimum Gasteiger partial charge on any atom is -0.497 e. The van der Waals surface area contributed by atoms with Crippen molar-refractivity contribution >= 4 is 11.6 Å². The lowest BCUT2D eigenvalue weighted by molar-refractivity contribution is 0.275. The first-order valence-electron chi connectivity index (χ1n) is 6.96. The van der Waals surface area contributed by atoms with Crippen LogP contribution in [0.15, 0.2) is 18.2 Å². The van der Waals surface area contributed by atoms with Gasteiger partial charge in [-0.15, -0.1) is 0 Å². The summed E-state index contributed by atoms with van der Waals surface area (Å²) in [6.07, 6.45) is 3.19. The van der Waals surface area contributed by atoms with Gasteiger partial charge in [-0.2, -0.15) is 0 Å². The summed E-state index contributed by atoms with van der Waals surface area (Å²) in [5, 5.41) is 0.787. The summed E-state index contributed by atoms with van der Waals surface area (Å²) in [5.41, 5.74) is 6.75. The number of nitrogens with two attached hydrogens (primary N) is 1. The molecule has 0 spiro atoms. The van der Waals surface area contributed by atoms with Crippen molar-refractivity contribution in [1.29, 1.82) is 0 Å². The van der Waals surface area contributed by atoms with E-state index in [4.69, 9.17) is 22.1 Å². The average Bonchev–Trinajstić information content (AvgIpc) is 2.42. The summed E-state index contributed by atoms with van der Waals surface area (Å²) in [7, 11) is 1.65. The number of methoxy groups -OCH3 is 1. The van der Waals surface area contributed by atoms with Gasteiger partial charge in [-0.3, -0.25) is 0 Å². The number of benzene rings is 1. The SMILES string of the molecule is CCCN(CCCN)CCc1ccc(OC)cc1Cl. The van der Waals surface area contributed by atoms with Crippen molar-refractivity contribution in [3.05, 3.63) is 28.8 Å². The van der Waals surface area contributed by atoms with Crippen LogP contribution in [0, 0.1) is 0 Å². The molecule has 0 aliphatic heterocycles. The van der Waals surface area contributed by atoms with Crippen molar-refractivity contribution < 1.29 is 4.74 Å². The predicted molar refractivity (Wildman–Crippen MR) is 82.1 cm³/mol. The van der Waals surface area contributed by atoms with E-state index >= 15 is 0 Å². The van der Waals surface area contributed by atoms with E-state index in [0.29, 0.717) is 0 Å². The van der Waals surface area contributed by atoms with Gasteiger partial charge in [0, 0.05) is 11.6 Å². The highest BCUT2D eigenvalue weighted by atomic mass is 35.5. The first kappa shape index (κ1) is 16.3. The van der Waals surface area contributed by atoms with E-state index < -0.39 is 0 Å². The summed E-state index contributed by atoms with van der Waals surface area (Å²) in [4.78, 5) is 2.45. The second-order valence-corrected chi connectivity index (χ2v) is 5.10. The highest BCUT2D eigenvalue weighted by Crippen LogP contribution is 2.22. The highest BCUT2D eigenvalue weighted by molar-refractivity contribution is 6.31. The first-order valence-corrected chi connectivity index (χ1v) is 7.33. The van der Waals surface area contributed by atoms with Gasteiger partial charge in [0.1, 0.15) is 5.75 Å². The van der Waals surface area contributed by atoms with Gasteiger partial charge >= 0.3 is 0 Å². The Kier molecular flexibility index (Phi) is 7.87. The molecule has 1 rings (SSSR count). The molecule has 1 aromatic rings. The monoisotopic (exact) mass is 284 g/mol. The molecule has 0 atom stereocenters. The molecule has 0 heterocycles. The normalized spacial score (nSPS) is 11.0. The third kappa shape index (κ3) is 5.81. The van der Waals surface area contributed by atoms with Gasteiger partial charge in [0.2, 0.25) is 0 Å². The van der Waals surface area contributed by atoms with Gasteiger partial charge in [-0.1, -0.05) is 24.6 Å². The third-order valence-electron chi connectivity index (χ3n) is 3.18. The zero-order chi connectivity index (χ0) is 14.1. The van der Waals surface area contributed by atoms with E-state index in [2.05, 4.69) is 11.8 Å². The number of ether oxygens (including phenoxy) is 1. The molecule has 0 saturated heterocycles. The van der Waals surface area contributed by atoms with Crippen LogP contribution in [-0.2, 0) is 6.42 Å². The maximum Gasteiger partial charge on any atom is 0.120 e. The van der Waals surface area contributed by atoms with Crippen LogP contribution in [0.25, 0.3) is 0 Å². The summed E-state index contributed by atoms with van der Waals surface area (Å²) in [6, 6.07) is 5.89. The zero-order valence-corrected chi connectivity index (χ0v) is 12.7. The lowest BCUT2D eigenvalue weighted by Crippen LogP contribution is -2.29. The summed E-state index contributed by atoms with van der Waals surface area (Å²) in [6.45, 7) is 6.17. The summed E-state index contributed by atoms with van der Waals surface area (Å²) < 4.78 is 5.16. The summed E-state index contributed by atoms with van der Waals surface area (Å²) >= 11 is 6.25. The minimum atomic E-state index is 0.753. The molecule has 108 valence electrons. The molecule has 0 unspecified atom stereocenters. The van der Waals surface area contributed by atoms with Crippen LogP contribution < -0.4 is 10.5 Å². The number of rotatable bonds is 9. The molecule has 0 fully saturated rings. The minimum absolute atomic E-state index is 0.753. The lowest BCUT2D eigenvalue weighted by atomic mass is 10.1. The van der Waals surface area contributed by atoms with Crippen molar-refractivity contribution in [2.75, 3.05) is 33.3 Å². The van der Waals surface area contributed by atoms with Gasteiger partial charge in [0.25, 0.3) is 0 Å². The van der Waals surface area contributed by atoms with Gasteiger partial charge < -0.3 is 15.4 Å². The largest absolute Gasteiger partial charge is 0.497 e. The van der Waals surface area contributed by atoms with E-state index in [0.717, 1.165) is 49.8 Å². The molecule has 0 saturated carbocycles. The second-order valence-electron chi connectivity index (χ2n) is 4.69. The van der Waals surface area contributed by atoms with E-state index in [1.165, 1.54) is 12.0 Å². The molecule has 0 aromatic heterocycles. The van der Waals surface area contributed by atoms with E-state index in [1.807, 2.05) is 18.2 Å². The smallest absolute Gasteiger partial charge is 0.120 e. The number of halogens is 1. The van der Waals surface area contributed by atoms with Crippen LogP contribution in [0.3, 0.4) is 0 Å². The fraction of sp³-hybridized carbons (Fsp3) is 0.600. The Balaban J connectivity index is 2.53. The number of hydrogen-bond acceptors (Lipinski definition) is 3. The molecule has 1 aromatic carbocycles. The maximum atomic E-state index is 6.25. The first-order chi connectivity index (χ1) is 9.21. The van der Waals surface area contributed by atoms with Crippen LogP contribution >= 0.6 is 11.6 Å². The van der Waals surface area contributed by atoms with Crippen LogP contribution in [0.2, 0.25) is 5.02 Å². The maximum absolute atomic E-state index is 6.25. The molecule has 2 N–H and O–H groups in total. The fourth-order valence-electron chi connectivity index (χ4n) is 2.10. The topological polar surface area (TPSA) is 38.5 Å². The van der Waals surface area contributed by atoms with Crippen LogP contribution in [-0.4, -0.2) is 38.2 Å².